The van der Waals surface area contributed by atoms with Gasteiger partial charge in [-0.1, -0.05) is 12.1 Å². The normalized spacial score (nSPS) is 38.0. The van der Waals surface area contributed by atoms with E-state index in [2.05, 4.69) is 24.3 Å². The van der Waals surface area contributed by atoms with E-state index in [1.165, 1.54) is 6.42 Å². The number of hydrogen-bond donors (Lipinski definition) is 0. The smallest absolute Gasteiger partial charge is 0.203 e. The Labute approximate surface area is 303 Å². The molecule has 10 fully saturated rings. The van der Waals surface area contributed by atoms with Crippen molar-refractivity contribution in [2.24, 2.45) is 23.7 Å². The van der Waals surface area contributed by atoms with Crippen molar-refractivity contribution in [2.75, 3.05) is 79.3 Å². The molecule has 10 aliphatic rings. The first kappa shape index (κ1) is 32.4. The van der Waals surface area contributed by atoms with Crippen molar-refractivity contribution in [3.05, 3.63) is 35.4 Å². The molecule has 12 nitrogen and oxygen atoms in total. The predicted molar refractivity (Wildman–Crippen MR) is 182 cm³/mol. The lowest BCUT2D eigenvalue weighted by Crippen LogP contribution is -2.56. The van der Waals surface area contributed by atoms with E-state index in [9.17, 15) is 0 Å². The average Bonchev–Trinajstić information content (AvgIpc) is 3.93. The maximum Gasteiger partial charge on any atom is 0.203 e. The zero-order valence-corrected chi connectivity index (χ0v) is 29.5. The van der Waals surface area contributed by atoms with Gasteiger partial charge in [0.25, 0.3) is 0 Å². The zero-order valence-electron chi connectivity index (χ0n) is 29.5. The van der Waals surface area contributed by atoms with E-state index < -0.39 is 5.41 Å². The molecule has 6 heterocycles. The van der Waals surface area contributed by atoms with Gasteiger partial charge in [-0.3, -0.25) is 0 Å². The highest BCUT2D eigenvalue weighted by Gasteiger charge is 2.61. The Morgan fingerprint density at radius 3 is 1.04 bits per heavy atom. The minimum atomic E-state index is -0.453. The molecule has 6 unspecified atom stereocenters. The Hall–Kier alpha value is -3.00. The van der Waals surface area contributed by atoms with Crippen LogP contribution in [0.3, 0.4) is 0 Å². The fourth-order valence-corrected chi connectivity index (χ4v) is 9.54. The van der Waals surface area contributed by atoms with E-state index in [1.54, 1.807) is 0 Å². The van der Waals surface area contributed by atoms with Crippen LogP contribution in [-0.2, 0) is 33.8 Å². The molecular weight excluding hydrogens is 672 g/mol. The lowest BCUT2D eigenvalue weighted by molar-refractivity contribution is -0.0441. The van der Waals surface area contributed by atoms with Gasteiger partial charge >= 0.3 is 0 Å². The van der Waals surface area contributed by atoms with Crippen LogP contribution in [0.15, 0.2) is 24.3 Å². The van der Waals surface area contributed by atoms with Crippen molar-refractivity contribution in [3.8, 4) is 34.5 Å². The molecule has 6 atom stereocenters. The molecule has 12 rings (SSSR count). The molecule has 6 saturated heterocycles. The van der Waals surface area contributed by atoms with E-state index in [-0.39, 0.29) is 36.6 Å². The standard InChI is InChI=1S/C40H48O12/c1-3-34(47-16-26-10-41-26)38(51-20-30-14-45-30)36(49-18-28-12-43-28)32(1)40(24-6-22-5-23(8-24)9-25(40)7-22)33-2-4-35(48-17-27-11-42-27)39(52-21-31-15-46-31)37(33)50-19-29-13-44-29/h1-4,22-31H,5-21H2. The molecule has 2 aromatic carbocycles. The molecule has 4 bridgehead atoms. The number of hydrogen-bond acceptors (Lipinski definition) is 12. The Balaban J connectivity index is 1.09. The summed E-state index contributed by atoms with van der Waals surface area (Å²) >= 11 is 0. The van der Waals surface area contributed by atoms with Crippen LogP contribution in [-0.4, -0.2) is 116 Å². The minimum absolute atomic E-state index is 0.0558. The molecule has 0 spiro atoms. The summed E-state index contributed by atoms with van der Waals surface area (Å²) < 4.78 is 73.6. The van der Waals surface area contributed by atoms with E-state index in [1.807, 2.05) is 0 Å². The van der Waals surface area contributed by atoms with Gasteiger partial charge in [0.2, 0.25) is 11.5 Å². The van der Waals surface area contributed by atoms with Crippen molar-refractivity contribution < 1.29 is 56.8 Å². The lowest BCUT2D eigenvalue weighted by Gasteiger charge is -2.62. The first-order valence-electron chi connectivity index (χ1n) is 19.5. The van der Waals surface area contributed by atoms with Crippen LogP contribution in [0.5, 0.6) is 34.5 Å². The first-order chi connectivity index (χ1) is 25.7. The van der Waals surface area contributed by atoms with Crippen LogP contribution >= 0.6 is 0 Å². The Morgan fingerprint density at radius 1 is 0.404 bits per heavy atom. The second-order valence-electron chi connectivity index (χ2n) is 16.3. The summed E-state index contributed by atoms with van der Waals surface area (Å²) in [7, 11) is 0. The van der Waals surface area contributed by atoms with Gasteiger partial charge in [0.15, 0.2) is 23.0 Å². The molecule has 280 valence electrons. The molecule has 0 radical (unpaired) electrons. The maximum atomic E-state index is 6.92. The number of ether oxygens (including phenoxy) is 12. The van der Waals surface area contributed by atoms with Crippen molar-refractivity contribution in [1.29, 1.82) is 0 Å². The average molecular weight is 721 g/mol. The highest BCUT2D eigenvalue weighted by atomic mass is 16.6. The van der Waals surface area contributed by atoms with Crippen molar-refractivity contribution in [2.45, 2.75) is 74.1 Å². The van der Waals surface area contributed by atoms with Crippen LogP contribution in [0, 0.1) is 23.7 Å². The monoisotopic (exact) mass is 720 g/mol. The van der Waals surface area contributed by atoms with E-state index in [0.29, 0.717) is 114 Å². The number of rotatable bonds is 20. The maximum absolute atomic E-state index is 6.92. The van der Waals surface area contributed by atoms with Crippen molar-refractivity contribution in [1.82, 2.24) is 0 Å². The van der Waals surface area contributed by atoms with Gasteiger partial charge in [-0.05, 0) is 67.9 Å². The highest BCUT2D eigenvalue weighted by Crippen LogP contribution is 2.69. The Kier molecular flexibility index (Phi) is 8.16. The Bertz CT molecular complexity index is 1510. The topological polar surface area (TPSA) is 131 Å². The van der Waals surface area contributed by atoms with Crippen molar-refractivity contribution >= 4 is 0 Å². The fourth-order valence-electron chi connectivity index (χ4n) is 9.54. The molecule has 4 saturated carbocycles. The lowest BCUT2D eigenvalue weighted by atomic mass is 9.42. The zero-order chi connectivity index (χ0) is 34.2. The van der Waals surface area contributed by atoms with Gasteiger partial charge < -0.3 is 56.8 Å². The summed E-state index contributed by atoms with van der Waals surface area (Å²) in [5.41, 5.74) is 1.78. The molecule has 0 aromatic heterocycles. The van der Waals surface area contributed by atoms with Crippen LogP contribution in [0.4, 0.5) is 0 Å². The van der Waals surface area contributed by atoms with Gasteiger partial charge in [0.05, 0.1) is 39.6 Å². The van der Waals surface area contributed by atoms with Gasteiger partial charge in [0, 0.05) is 16.5 Å². The molecule has 6 aliphatic heterocycles. The minimum Gasteiger partial charge on any atom is -0.487 e. The Morgan fingerprint density at radius 2 is 0.712 bits per heavy atom. The SMILES string of the molecule is c1cc(C2(c3ccc(OCC4CO4)c(OCC4CO4)c3OCC3CO3)C3CC4CC(C3)CC2C4)c(OCC2CO2)c(OCC2CO2)c1OCC1CO1. The van der Waals surface area contributed by atoms with Crippen LogP contribution < -0.4 is 28.4 Å². The highest BCUT2D eigenvalue weighted by molar-refractivity contribution is 5.66. The van der Waals surface area contributed by atoms with Crippen LogP contribution in [0.2, 0.25) is 0 Å². The van der Waals surface area contributed by atoms with E-state index in [4.69, 9.17) is 56.8 Å². The molecule has 0 amide bonds. The molecule has 52 heavy (non-hydrogen) atoms. The summed E-state index contributed by atoms with van der Waals surface area (Å²) in [5, 5.41) is 0. The number of benzene rings is 2. The van der Waals surface area contributed by atoms with Crippen molar-refractivity contribution in [3.63, 3.8) is 0 Å². The third kappa shape index (κ3) is 6.57. The fraction of sp³-hybridized carbons (Fsp3) is 0.700. The van der Waals surface area contributed by atoms with Crippen LogP contribution in [0.1, 0.15) is 43.2 Å². The molecule has 2 aromatic rings. The predicted octanol–water partition coefficient (Wildman–Crippen LogP) is 4.09. The largest absolute Gasteiger partial charge is 0.487 e. The second kappa shape index (κ2) is 13.1. The molecular formula is C40H48O12. The summed E-state index contributed by atoms with van der Waals surface area (Å²) in [4.78, 5) is 0. The van der Waals surface area contributed by atoms with Gasteiger partial charge in [0.1, 0.15) is 76.3 Å². The van der Waals surface area contributed by atoms with E-state index >= 15 is 0 Å². The molecule has 0 N–H and O–H groups in total. The molecule has 4 aliphatic carbocycles. The third-order valence-electron chi connectivity index (χ3n) is 12.4. The third-order valence-corrected chi connectivity index (χ3v) is 12.4. The summed E-state index contributed by atoms with van der Waals surface area (Å²) in [6.07, 6.45) is 6.35. The van der Waals surface area contributed by atoms with Gasteiger partial charge in [-0.25, -0.2) is 0 Å². The van der Waals surface area contributed by atoms with E-state index in [0.717, 1.165) is 60.1 Å². The van der Waals surface area contributed by atoms with Gasteiger partial charge in [-0.15, -0.1) is 0 Å². The summed E-state index contributed by atoms with van der Waals surface area (Å²) in [5.74, 6) is 6.20. The molecule has 12 heteroatoms. The number of epoxide rings is 6. The second-order valence-corrected chi connectivity index (χ2v) is 16.3. The first-order valence-corrected chi connectivity index (χ1v) is 19.5. The summed E-state index contributed by atoms with van der Waals surface area (Å²) in [6.45, 7) is 6.82. The summed E-state index contributed by atoms with van der Waals surface area (Å²) in [6, 6.07) is 8.66. The van der Waals surface area contributed by atoms with Gasteiger partial charge in [-0.2, -0.15) is 0 Å². The quantitative estimate of drug-likeness (QED) is 0.183. The van der Waals surface area contributed by atoms with Crippen LogP contribution in [0.25, 0.3) is 0 Å².